The number of aromatic nitrogens is 2. The first-order chi connectivity index (χ1) is 8.19. The molecular formula is C11H13FN2O2S. The second-order valence-corrected chi connectivity index (χ2v) is 5.29. The van der Waals surface area contributed by atoms with Gasteiger partial charge in [0.15, 0.2) is 0 Å². The molecule has 2 heterocycles. The largest absolute Gasteiger partial charge is 0.355 e. The van der Waals surface area contributed by atoms with Gasteiger partial charge in [-0.2, -0.15) is 0 Å². The molecule has 2 rings (SSSR count). The first-order valence-electron chi connectivity index (χ1n) is 5.34. The number of fused-ring (bicyclic) bond motifs is 1. The van der Waals surface area contributed by atoms with Gasteiger partial charge >= 0.3 is 0 Å². The van der Waals surface area contributed by atoms with Crippen LogP contribution in [-0.2, 0) is 17.3 Å². The molecule has 0 aliphatic rings. The standard InChI is InChI=1S/C11H13FN2O2S/c1-2-17(16)9-7-13-10-8(9)3-5-14(6-4-12)11(10)15/h3,5,7,13H,2,4,6H2,1H3. The van der Waals surface area contributed by atoms with Crippen LogP contribution in [0.3, 0.4) is 0 Å². The summed E-state index contributed by atoms with van der Waals surface area (Å²) >= 11 is 0. The van der Waals surface area contributed by atoms with E-state index in [1.165, 1.54) is 10.8 Å². The van der Waals surface area contributed by atoms with Crippen molar-refractivity contribution in [2.24, 2.45) is 0 Å². The lowest BCUT2D eigenvalue weighted by Gasteiger charge is -2.02. The summed E-state index contributed by atoms with van der Waals surface area (Å²) < 4.78 is 25.3. The van der Waals surface area contributed by atoms with Gasteiger partial charge in [-0.25, -0.2) is 4.39 Å². The third-order valence-electron chi connectivity index (χ3n) is 2.61. The van der Waals surface area contributed by atoms with Crippen LogP contribution in [0.5, 0.6) is 0 Å². The average Bonchev–Trinajstić information content (AvgIpc) is 2.76. The minimum Gasteiger partial charge on any atom is -0.355 e. The zero-order chi connectivity index (χ0) is 12.4. The van der Waals surface area contributed by atoms with Crippen LogP contribution in [0.15, 0.2) is 28.2 Å². The molecule has 0 spiro atoms. The molecule has 0 amide bonds. The number of halogens is 1. The molecule has 0 bridgehead atoms. The number of aromatic amines is 1. The van der Waals surface area contributed by atoms with Gasteiger partial charge in [0.1, 0.15) is 12.2 Å². The molecule has 4 nitrogen and oxygen atoms in total. The third kappa shape index (κ3) is 2.04. The highest BCUT2D eigenvalue weighted by molar-refractivity contribution is 7.85. The van der Waals surface area contributed by atoms with Crippen LogP contribution in [0.25, 0.3) is 10.9 Å². The first-order valence-corrected chi connectivity index (χ1v) is 6.65. The predicted molar refractivity (Wildman–Crippen MR) is 65.5 cm³/mol. The molecule has 0 aliphatic carbocycles. The number of rotatable bonds is 4. The van der Waals surface area contributed by atoms with Crippen molar-refractivity contribution in [3.63, 3.8) is 0 Å². The minimum absolute atomic E-state index is 0.0417. The second kappa shape index (κ2) is 4.83. The number of pyridine rings is 1. The number of alkyl halides is 1. The highest BCUT2D eigenvalue weighted by Gasteiger charge is 2.12. The zero-order valence-electron chi connectivity index (χ0n) is 9.40. The minimum atomic E-state index is -1.11. The normalized spacial score (nSPS) is 13.1. The quantitative estimate of drug-likeness (QED) is 0.899. The Bertz CT molecular complexity index is 617. The van der Waals surface area contributed by atoms with Gasteiger partial charge in [0.2, 0.25) is 0 Å². The lowest BCUT2D eigenvalue weighted by atomic mass is 10.3. The molecule has 0 fully saturated rings. The molecule has 1 N–H and O–H groups in total. The van der Waals surface area contributed by atoms with Crippen molar-refractivity contribution in [3.8, 4) is 0 Å². The number of H-pyrrole nitrogens is 1. The molecule has 2 aromatic heterocycles. The lowest BCUT2D eigenvalue weighted by Crippen LogP contribution is -2.20. The summed E-state index contributed by atoms with van der Waals surface area (Å²) in [6.45, 7) is 1.28. The van der Waals surface area contributed by atoms with Crippen molar-refractivity contribution < 1.29 is 8.60 Å². The van der Waals surface area contributed by atoms with Gasteiger partial charge in [-0.15, -0.1) is 0 Å². The molecule has 0 saturated carbocycles. The molecule has 1 unspecified atom stereocenters. The maximum atomic E-state index is 12.2. The smallest absolute Gasteiger partial charge is 0.274 e. The summed E-state index contributed by atoms with van der Waals surface area (Å²) in [5.74, 6) is 0.501. The SMILES string of the molecule is CCS(=O)c1c[nH]c2c(=O)n(CCF)ccc12. The fourth-order valence-electron chi connectivity index (χ4n) is 1.75. The van der Waals surface area contributed by atoms with E-state index >= 15 is 0 Å². The molecular weight excluding hydrogens is 243 g/mol. The highest BCUT2D eigenvalue weighted by Crippen LogP contribution is 2.18. The molecule has 17 heavy (non-hydrogen) atoms. The Kier molecular flexibility index (Phi) is 3.42. The fourth-order valence-corrected chi connectivity index (χ4v) is 2.66. The van der Waals surface area contributed by atoms with Crippen molar-refractivity contribution in [2.45, 2.75) is 18.4 Å². The number of hydrogen-bond donors (Lipinski definition) is 1. The molecule has 0 saturated heterocycles. The topological polar surface area (TPSA) is 54.9 Å². The van der Waals surface area contributed by atoms with Crippen molar-refractivity contribution in [1.82, 2.24) is 9.55 Å². The maximum absolute atomic E-state index is 12.2. The Balaban J connectivity index is 2.62. The van der Waals surface area contributed by atoms with Gasteiger partial charge < -0.3 is 9.55 Å². The Morgan fingerprint density at radius 3 is 2.94 bits per heavy atom. The predicted octanol–water partition coefficient (Wildman–Crippen LogP) is 1.43. The molecule has 0 aromatic carbocycles. The summed E-state index contributed by atoms with van der Waals surface area (Å²) in [5, 5.41) is 0.658. The Hall–Kier alpha value is -1.43. The average molecular weight is 256 g/mol. The van der Waals surface area contributed by atoms with Crippen LogP contribution >= 0.6 is 0 Å². The van der Waals surface area contributed by atoms with Crippen LogP contribution < -0.4 is 5.56 Å². The highest BCUT2D eigenvalue weighted by atomic mass is 32.2. The Morgan fingerprint density at radius 2 is 2.29 bits per heavy atom. The van der Waals surface area contributed by atoms with Crippen LogP contribution in [0.4, 0.5) is 4.39 Å². The summed E-state index contributed by atoms with van der Waals surface area (Å²) in [5.41, 5.74) is 0.109. The van der Waals surface area contributed by atoms with E-state index in [1.807, 2.05) is 6.92 Å². The number of hydrogen-bond acceptors (Lipinski definition) is 2. The van der Waals surface area contributed by atoms with Gasteiger partial charge in [0.25, 0.3) is 5.56 Å². The van der Waals surface area contributed by atoms with E-state index in [0.717, 1.165) is 0 Å². The lowest BCUT2D eigenvalue weighted by molar-refractivity contribution is 0.441. The van der Waals surface area contributed by atoms with Crippen LogP contribution in [0, 0.1) is 0 Å². The maximum Gasteiger partial charge on any atom is 0.274 e. The summed E-state index contributed by atoms with van der Waals surface area (Å²) in [7, 11) is -1.11. The zero-order valence-corrected chi connectivity index (χ0v) is 10.2. The summed E-state index contributed by atoms with van der Waals surface area (Å²) in [6.07, 6.45) is 3.12. The molecule has 0 radical (unpaired) electrons. The Morgan fingerprint density at radius 1 is 1.53 bits per heavy atom. The van der Waals surface area contributed by atoms with Crippen LogP contribution in [0.2, 0.25) is 0 Å². The fraction of sp³-hybridized carbons (Fsp3) is 0.364. The van der Waals surface area contributed by atoms with E-state index in [9.17, 15) is 13.4 Å². The van der Waals surface area contributed by atoms with Crippen molar-refractivity contribution in [2.75, 3.05) is 12.4 Å². The van der Waals surface area contributed by atoms with E-state index in [1.54, 1.807) is 12.3 Å². The van der Waals surface area contributed by atoms with Crippen molar-refractivity contribution in [3.05, 3.63) is 28.8 Å². The van der Waals surface area contributed by atoms with E-state index in [0.29, 0.717) is 21.6 Å². The summed E-state index contributed by atoms with van der Waals surface area (Å²) in [6, 6.07) is 1.70. The third-order valence-corrected chi connectivity index (χ3v) is 3.96. The number of aryl methyl sites for hydroxylation is 1. The molecule has 92 valence electrons. The van der Waals surface area contributed by atoms with Gasteiger partial charge in [-0.3, -0.25) is 9.00 Å². The summed E-state index contributed by atoms with van der Waals surface area (Å²) in [4.78, 5) is 15.4. The first kappa shape index (κ1) is 12.0. The number of nitrogens with one attached hydrogen (secondary N) is 1. The number of nitrogens with zero attached hydrogens (tertiary/aromatic N) is 1. The molecule has 6 heteroatoms. The van der Waals surface area contributed by atoms with E-state index in [-0.39, 0.29) is 12.1 Å². The van der Waals surface area contributed by atoms with Gasteiger partial charge in [0.05, 0.1) is 22.2 Å². The van der Waals surface area contributed by atoms with Crippen molar-refractivity contribution in [1.29, 1.82) is 0 Å². The monoisotopic (exact) mass is 256 g/mol. The van der Waals surface area contributed by atoms with E-state index < -0.39 is 17.5 Å². The van der Waals surface area contributed by atoms with Gasteiger partial charge in [-0.05, 0) is 6.07 Å². The second-order valence-electron chi connectivity index (χ2n) is 3.58. The molecule has 2 aromatic rings. The van der Waals surface area contributed by atoms with Gasteiger partial charge in [-0.1, -0.05) is 6.92 Å². The molecule has 0 aliphatic heterocycles. The molecule has 1 atom stereocenters. The van der Waals surface area contributed by atoms with E-state index in [4.69, 9.17) is 0 Å². The van der Waals surface area contributed by atoms with Gasteiger partial charge in [0, 0.05) is 23.5 Å². The van der Waals surface area contributed by atoms with Crippen molar-refractivity contribution >= 4 is 21.7 Å². The van der Waals surface area contributed by atoms with Crippen LogP contribution in [0.1, 0.15) is 6.92 Å². The van der Waals surface area contributed by atoms with E-state index in [2.05, 4.69) is 4.98 Å². The van der Waals surface area contributed by atoms with Crippen LogP contribution in [-0.4, -0.2) is 26.2 Å². The Labute approximate surface area is 99.9 Å².